The highest BCUT2D eigenvalue weighted by Gasteiger charge is 2.58. The van der Waals surface area contributed by atoms with Crippen molar-refractivity contribution in [2.24, 2.45) is 0 Å². The second-order valence-electron chi connectivity index (χ2n) is 26.0. The molecule has 4 heterocycles. The summed E-state index contributed by atoms with van der Waals surface area (Å²) >= 11 is 0. The van der Waals surface area contributed by atoms with Crippen LogP contribution in [-0.4, -0.2) is 171 Å². The first-order chi connectivity index (χ1) is 41.9. The number of ketones is 1. The van der Waals surface area contributed by atoms with Gasteiger partial charge in [0, 0.05) is 94.4 Å². The number of ether oxygens (including phenoxy) is 4. The predicted octanol–water partition coefficient (Wildman–Crippen LogP) is 12.5. The van der Waals surface area contributed by atoms with Crippen LogP contribution in [0.3, 0.4) is 0 Å². The topological polar surface area (TPSA) is 173 Å². The molecule has 4 fully saturated rings. The Balaban J connectivity index is 0.000000287. The third-order valence-corrected chi connectivity index (χ3v) is 18.4. The molecule has 0 saturated carbocycles. The summed E-state index contributed by atoms with van der Waals surface area (Å²) in [6.45, 7) is 13.4. The fraction of sp³-hybridized carbons (Fsp3) is 0.576. The maximum Gasteiger partial charge on any atom is 0.416 e. The number of Topliss-reactive ketones (excluding diaryl/α,β-unsaturated/α-hetero) is 1. The normalized spacial score (nSPS) is 21.5. The summed E-state index contributed by atoms with van der Waals surface area (Å²) in [5, 5.41) is 8.87. The Bertz CT molecular complexity index is 3260. The number of sulfone groups is 1. The fourth-order valence-corrected chi connectivity index (χ4v) is 13.1. The summed E-state index contributed by atoms with van der Waals surface area (Å²) in [5.74, 6) is -3.75. The van der Waals surface area contributed by atoms with Crippen LogP contribution < -0.4 is 18.9 Å². The van der Waals surface area contributed by atoms with Crippen LogP contribution in [0.15, 0.2) is 84.9 Å². The van der Waals surface area contributed by atoms with E-state index in [1.54, 1.807) is 62.8 Å². The molecular weight excluding hydrogens is 1240 g/mol. The number of halogens is 9. The molecule has 4 aliphatic rings. The number of hydrogen-bond donors (Lipinski definition) is 1. The molecule has 0 aliphatic carbocycles. The summed E-state index contributed by atoms with van der Waals surface area (Å²) in [6, 6.07) is 20.9. The van der Waals surface area contributed by atoms with E-state index in [0.29, 0.717) is 72.5 Å². The maximum atomic E-state index is 17.1. The lowest BCUT2D eigenvalue weighted by Crippen LogP contribution is -2.53. The first-order valence-corrected chi connectivity index (χ1v) is 32.3. The van der Waals surface area contributed by atoms with Gasteiger partial charge in [-0.2, -0.15) is 26.3 Å². The first kappa shape index (κ1) is 73.8. The molecule has 15 nitrogen and oxygen atoms in total. The second kappa shape index (κ2) is 29.8. The van der Waals surface area contributed by atoms with Crippen LogP contribution in [0.5, 0.6) is 23.0 Å². The van der Waals surface area contributed by atoms with Crippen LogP contribution in [0.2, 0.25) is 0 Å². The van der Waals surface area contributed by atoms with E-state index in [4.69, 9.17) is 24.1 Å². The van der Waals surface area contributed by atoms with Gasteiger partial charge in [0.25, 0.3) is 11.8 Å². The predicted molar refractivity (Wildman–Crippen MR) is 331 cm³/mol. The summed E-state index contributed by atoms with van der Waals surface area (Å²) in [7, 11) is -0.379. The van der Waals surface area contributed by atoms with Gasteiger partial charge in [0.1, 0.15) is 34.5 Å². The summed E-state index contributed by atoms with van der Waals surface area (Å²) in [4.78, 5) is 57.7. The van der Waals surface area contributed by atoms with E-state index in [0.717, 1.165) is 30.5 Å². The number of aliphatic carboxylic acids is 1. The van der Waals surface area contributed by atoms with E-state index in [1.807, 2.05) is 51.3 Å². The van der Waals surface area contributed by atoms with Gasteiger partial charge in [0.15, 0.2) is 9.84 Å². The molecule has 91 heavy (non-hydrogen) atoms. The zero-order valence-corrected chi connectivity index (χ0v) is 54.6. The molecule has 504 valence electrons. The third kappa shape index (κ3) is 18.8. The Morgan fingerprint density at radius 2 is 0.923 bits per heavy atom. The number of rotatable bonds is 20. The summed E-state index contributed by atoms with van der Waals surface area (Å²) < 4.78 is 160. The average molecular weight is 1330 g/mol. The fourth-order valence-electron chi connectivity index (χ4n) is 12.4. The largest absolute Gasteiger partial charge is 0.497 e. The van der Waals surface area contributed by atoms with E-state index >= 15 is 8.78 Å². The van der Waals surface area contributed by atoms with Crippen molar-refractivity contribution in [2.45, 2.75) is 151 Å². The highest BCUT2D eigenvalue weighted by molar-refractivity contribution is 7.91. The number of alkyl halides is 8. The smallest absolute Gasteiger partial charge is 0.416 e. The monoisotopic (exact) mass is 1330 g/mol. The van der Waals surface area contributed by atoms with Gasteiger partial charge in [0.05, 0.1) is 38.6 Å². The van der Waals surface area contributed by atoms with Crippen molar-refractivity contribution in [3.05, 3.63) is 118 Å². The standard InChI is InChI=1S/C34H44F4N2O6S.C32H40F4N2O5.ClH/c1-32(2,3)40-20-29(24-8-11-27(45-4)12-9-24)33(35,22-40)31(42)39-16-14-23(15-17-39)28-13-10-25(34(36,37)38)19-30(28)46-18-6-7-26(41)21-47(5,43)44;1-30(2,3)38-19-26(22-7-10-24(42-4)11-8-22)31(33,20-38)29(41)37-15-13-21(14-16-37)25-12-9-23(32(34,35)36)18-27(25)43-17-5-6-28(39)40;/h8-13,19,23,29H,6-7,14-18,20-22H2,1-5H3;7-12,18,21,26H,5-6,13-17,19-20H2,1-4H3,(H,39,40);1H/t29-,33-;26-,31-;/m00./s1. The van der Waals surface area contributed by atoms with Gasteiger partial charge in [-0.1, -0.05) is 36.4 Å². The van der Waals surface area contributed by atoms with Gasteiger partial charge in [-0.25, -0.2) is 17.2 Å². The zero-order valence-electron chi connectivity index (χ0n) is 53.0. The highest BCUT2D eigenvalue weighted by atomic mass is 35.5. The average Bonchev–Trinajstić information content (AvgIpc) is 1.64. The highest BCUT2D eigenvalue weighted by Crippen LogP contribution is 2.48. The molecule has 0 bridgehead atoms. The van der Waals surface area contributed by atoms with Crippen LogP contribution in [0, 0.1) is 0 Å². The van der Waals surface area contributed by atoms with Crippen molar-refractivity contribution in [2.75, 3.05) is 91.8 Å². The molecule has 0 unspecified atom stereocenters. The molecule has 1 N–H and O–H groups in total. The third-order valence-electron chi connectivity index (χ3n) is 17.6. The molecule has 0 aromatic heterocycles. The molecule has 4 saturated heterocycles. The van der Waals surface area contributed by atoms with Crippen LogP contribution in [0.25, 0.3) is 0 Å². The van der Waals surface area contributed by atoms with Crippen LogP contribution in [0.1, 0.15) is 150 Å². The number of benzene rings is 4. The van der Waals surface area contributed by atoms with Crippen molar-refractivity contribution < 1.29 is 86.8 Å². The molecule has 0 radical (unpaired) electrons. The van der Waals surface area contributed by atoms with E-state index in [9.17, 15) is 53.9 Å². The Kier molecular flexibility index (Phi) is 24.2. The SMILES string of the molecule is COc1ccc([C@@H]2CN(C(C)(C)C)C[C@@]2(F)C(=O)N2CCC(c3ccc(C(F)(F)F)cc3OCCCC(=O)CS(C)(=O)=O)CC2)cc1.COc1ccc([C@@H]2CN(C(C)(C)C)C[C@@]2(F)C(=O)N2CCC(c3ccc(C(F)(F)F)cc3OCCCC(=O)O)CC2)cc1.Cl. The van der Waals surface area contributed by atoms with Crippen molar-refractivity contribution in [1.29, 1.82) is 0 Å². The molecule has 4 atom stereocenters. The number of hydrogen-bond acceptors (Lipinski definition) is 12. The number of piperidine rings is 2. The van der Waals surface area contributed by atoms with Crippen molar-refractivity contribution >= 4 is 45.8 Å². The van der Waals surface area contributed by atoms with Crippen molar-refractivity contribution in [3.63, 3.8) is 0 Å². The number of nitrogens with zero attached hydrogens (tertiary/aromatic N) is 4. The summed E-state index contributed by atoms with van der Waals surface area (Å²) in [6.07, 6.45) is -6.53. The molecule has 25 heteroatoms. The lowest BCUT2D eigenvalue weighted by atomic mass is 9.83. The van der Waals surface area contributed by atoms with E-state index in [-0.39, 0.29) is 125 Å². The van der Waals surface area contributed by atoms with E-state index in [2.05, 4.69) is 0 Å². The molecule has 4 aromatic rings. The van der Waals surface area contributed by atoms with Crippen molar-refractivity contribution in [3.8, 4) is 23.0 Å². The Hall–Kier alpha value is -6.24. The minimum atomic E-state index is -4.60. The quantitative estimate of drug-likeness (QED) is 0.0655. The van der Waals surface area contributed by atoms with E-state index < -0.39 is 85.8 Å². The second-order valence-corrected chi connectivity index (χ2v) is 28.2. The maximum absolute atomic E-state index is 17.1. The van der Waals surface area contributed by atoms with Gasteiger partial charge in [-0.05, 0) is 163 Å². The molecule has 2 amide bonds. The van der Waals surface area contributed by atoms with Gasteiger partial charge in [-0.15, -0.1) is 12.4 Å². The minimum Gasteiger partial charge on any atom is -0.497 e. The Labute approximate surface area is 534 Å². The van der Waals surface area contributed by atoms with Crippen molar-refractivity contribution in [1.82, 2.24) is 19.6 Å². The van der Waals surface area contributed by atoms with Crippen LogP contribution >= 0.6 is 12.4 Å². The zero-order chi connectivity index (χ0) is 66.4. The number of carbonyl (C=O) groups excluding carboxylic acids is 3. The number of methoxy groups -OCH3 is 2. The van der Waals surface area contributed by atoms with Gasteiger partial charge < -0.3 is 33.9 Å². The summed E-state index contributed by atoms with van der Waals surface area (Å²) in [5.41, 5.74) is -4.26. The molecule has 4 aliphatic heterocycles. The number of carbonyl (C=O) groups is 4. The van der Waals surface area contributed by atoms with Gasteiger partial charge >= 0.3 is 18.3 Å². The number of carboxylic acid groups (broad SMARTS) is 1. The minimum absolute atomic E-state index is 0. The number of amides is 2. The van der Waals surface area contributed by atoms with E-state index in [1.165, 1.54) is 21.9 Å². The Morgan fingerprint density at radius 3 is 1.23 bits per heavy atom. The number of likely N-dealkylation sites (tertiary alicyclic amines) is 4. The number of carboxylic acids is 1. The molecule has 0 spiro atoms. The van der Waals surface area contributed by atoms with Gasteiger partial charge in [-0.3, -0.25) is 29.0 Å². The Morgan fingerprint density at radius 1 is 0.571 bits per heavy atom. The molecule has 8 rings (SSSR count). The lowest BCUT2D eigenvalue weighted by Gasteiger charge is -2.38. The molecule has 4 aromatic carbocycles. The van der Waals surface area contributed by atoms with Crippen LogP contribution in [-0.2, 0) is 41.4 Å². The van der Waals surface area contributed by atoms with Gasteiger partial charge in [0.2, 0.25) is 11.3 Å². The lowest BCUT2D eigenvalue weighted by molar-refractivity contribution is -0.146. The first-order valence-electron chi connectivity index (χ1n) is 30.3. The van der Waals surface area contributed by atoms with Crippen LogP contribution in [0.4, 0.5) is 35.1 Å². The molecular formula is C66H85ClF8N4O11S.